The molecule has 1 aromatic carbocycles. The fourth-order valence-corrected chi connectivity index (χ4v) is 3.26. The van der Waals surface area contributed by atoms with Crippen LogP contribution in [0.3, 0.4) is 0 Å². The van der Waals surface area contributed by atoms with Gasteiger partial charge in [-0.1, -0.05) is 35.7 Å². The molecule has 106 valence electrons. The number of hydrogen-bond donors (Lipinski definition) is 1. The van der Waals surface area contributed by atoms with Gasteiger partial charge in [0.1, 0.15) is 0 Å². The van der Waals surface area contributed by atoms with Gasteiger partial charge in [0.25, 0.3) is 0 Å². The minimum absolute atomic E-state index is 0.383. The summed E-state index contributed by atoms with van der Waals surface area (Å²) in [5, 5.41) is 4.58. The Balaban J connectivity index is 2.15. The van der Waals surface area contributed by atoms with Crippen LogP contribution >= 0.6 is 23.2 Å². The molecular formula is C15H22Cl2N2. The van der Waals surface area contributed by atoms with Gasteiger partial charge < -0.3 is 5.32 Å². The summed E-state index contributed by atoms with van der Waals surface area (Å²) in [7, 11) is 2.02. The van der Waals surface area contributed by atoms with Crippen molar-refractivity contribution >= 4 is 23.2 Å². The maximum atomic E-state index is 6.13. The lowest BCUT2D eigenvalue weighted by atomic mass is 9.97. The summed E-state index contributed by atoms with van der Waals surface area (Å²) < 4.78 is 0. The van der Waals surface area contributed by atoms with E-state index in [-0.39, 0.29) is 0 Å². The van der Waals surface area contributed by atoms with Gasteiger partial charge in [-0.3, -0.25) is 4.90 Å². The van der Waals surface area contributed by atoms with Gasteiger partial charge in [0.15, 0.2) is 0 Å². The molecule has 0 spiro atoms. The van der Waals surface area contributed by atoms with Crippen molar-refractivity contribution in [3.05, 3.63) is 33.8 Å². The Morgan fingerprint density at radius 3 is 2.79 bits per heavy atom. The summed E-state index contributed by atoms with van der Waals surface area (Å²) in [6.07, 6.45) is 3.88. The number of hydrogen-bond acceptors (Lipinski definition) is 2. The van der Waals surface area contributed by atoms with Gasteiger partial charge in [0.05, 0.1) is 10.0 Å². The summed E-state index contributed by atoms with van der Waals surface area (Å²) in [5.74, 6) is 0. The highest BCUT2D eigenvalue weighted by Crippen LogP contribution is 2.31. The van der Waals surface area contributed by atoms with Crippen LogP contribution in [-0.2, 0) is 0 Å². The lowest BCUT2D eigenvalue weighted by molar-refractivity contribution is 0.103. The highest BCUT2D eigenvalue weighted by molar-refractivity contribution is 6.42. The highest BCUT2D eigenvalue weighted by Gasteiger charge is 2.26. The Morgan fingerprint density at radius 1 is 1.32 bits per heavy atom. The van der Waals surface area contributed by atoms with E-state index in [0.717, 1.165) is 13.1 Å². The Kier molecular flexibility index (Phi) is 5.52. The van der Waals surface area contributed by atoms with Crippen LogP contribution in [0.4, 0.5) is 0 Å². The predicted octanol–water partition coefficient (Wildman–Crippen LogP) is 4.13. The first kappa shape index (κ1) is 15.1. The number of likely N-dealkylation sites (N-methyl/N-ethyl adjacent to an activating group) is 1. The Hall–Kier alpha value is -0.280. The molecule has 0 aliphatic carbocycles. The fraction of sp³-hybridized carbons (Fsp3) is 0.600. The normalized spacial score (nSPS) is 22.4. The van der Waals surface area contributed by atoms with Crippen molar-refractivity contribution in [2.75, 3.05) is 20.1 Å². The maximum Gasteiger partial charge on any atom is 0.0595 e. The minimum atomic E-state index is 0.383. The third-order valence-corrected chi connectivity index (χ3v) is 4.77. The Labute approximate surface area is 126 Å². The summed E-state index contributed by atoms with van der Waals surface area (Å²) in [4.78, 5) is 2.58. The molecule has 0 amide bonds. The number of halogens is 2. The molecule has 1 N–H and O–H groups in total. The molecule has 0 saturated carbocycles. The molecule has 1 heterocycles. The Morgan fingerprint density at radius 2 is 2.11 bits per heavy atom. The summed E-state index contributed by atoms with van der Waals surface area (Å²) in [6, 6.07) is 6.98. The van der Waals surface area contributed by atoms with Gasteiger partial charge in [-0.2, -0.15) is 0 Å². The number of rotatable bonds is 4. The highest BCUT2D eigenvalue weighted by atomic mass is 35.5. The van der Waals surface area contributed by atoms with Gasteiger partial charge in [-0.05, 0) is 51.1 Å². The van der Waals surface area contributed by atoms with Crippen LogP contribution in [0.15, 0.2) is 18.2 Å². The second kappa shape index (κ2) is 6.94. The summed E-state index contributed by atoms with van der Waals surface area (Å²) in [6.45, 7) is 4.47. The average molecular weight is 301 g/mol. The van der Waals surface area contributed by atoms with Crippen molar-refractivity contribution in [1.29, 1.82) is 0 Å². The van der Waals surface area contributed by atoms with Crippen molar-refractivity contribution < 1.29 is 0 Å². The average Bonchev–Trinajstić information content (AvgIpc) is 2.42. The molecule has 1 aliphatic rings. The first-order valence-electron chi connectivity index (χ1n) is 6.98. The number of piperidine rings is 1. The zero-order chi connectivity index (χ0) is 13.8. The molecule has 2 rings (SSSR count). The van der Waals surface area contributed by atoms with Gasteiger partial charge in [0.2, 0.25) is 0 Å². The molecule has 1 aromatic rings. The van der Waals surface area contributed by atoms with E-state index in [1.807, 2.05) is 19.2 Å². The van der Waals surface area contributed by atoms with E-state index < -0.39 is 0 Å². The molecule has 1 saturated heterocycles. The number of likely N-dealkylation sites (tertiary alicyclic amines) is 1. The molecule has 0 aromatic heterocycles. The molecule has 19 heavy (non-hydrogen) atoms. The zero-order valence-electron chi connectivity index (χ0n) is 11.6. The van der Waals surface area contributed by atoms with Crippen molar-refractivity contribution in [3.63, 3.8) is 0 Å². The first-order valence-corrected chi connectivity index (χ1v) is 7.74. The van der Waals surface area contributed by atoms with Crippen LogP contribution in [0.25, 0.3) is 0 Å². The molecule has 4 heteroatoms. The fourth-order valence-electron chi connectivity index (χ4n) is 2.95. The number of benzene rings is 1. The third kappa shape index (κ3) is 3.63. The molecule has 0 bridgehead atoms. The van der Waals surface area contributed by atoms with Crippen molar-refractivity contribution in [2.24, 2.45) is 0 Å². The number of nitrogens with one attached hydrogen (secondary N) is 1. The summed E-state index contributed by atoms with van der Waals surface area (Å²) >= 11 is 12.1. The monoisotopic (exact) mass is 300 g/mol. The van der Waals surface area contributed by atoms with Crippen molar-refractivity contribution in [2.45, 2.75) is 38.3 Å². The van der Waals surface area contributed by atoms with Crippen LogP contribution in [-0.4, -0.2) is 31.1 Å². The van der Waals surface area contributed by atoms with Crippen molar-refractivity contribution in [3.8, 4) is 0 Å². The minimum Gasteiger partial charge on any atom is -0.318 e. The summed E-state index contributed by atoms with van der Waals surface area (Å²) in [5.41, 5.74) is 1.25. The molecule has 1 fully saturated rings. The van der Waals surface area contributed by atoms with Gasteiger partial charge in [0, 0.05) is 18.6 Å². The molecular weight excluding hydrogens is 279 g/mol. The molecule has 2 unspecified atom stereocenters. The molecule has 0 radical (unpaired) electrons. The van der Waals surface area contributed by atoms with Gasteiger partial charge in [-0.15, -0.1) is 0 Å². The third-order valence-electron chi connectivity index (χ3n) is 4.04. The lowest BCUT2D eigenvalue weighted by Gasteiger charge is -2.40. The van der Waals surface area contributed by atoms with E-state index in [0.29, 0.717) is 22.1 Å². The standard InChI is InChI=1S/C15H22Cl2N2/c1-11(12-6-7-14(16)15(17)9-12)19-8-4-3-5-13(19)10-18-2/h6-7,9,11,13,18H,3-5,8,10H2,1-2H3. The van der Waals surface area contributed by atoms with Crippen LogP contribution in [0.5, 0.6) is 0 Å². The first-order chi connectivity index (χ1) is 9.13. The predicted molar refractivity (Wildman–Crippen MR) is 83.1 cm³/mol. The molecule has 1 aliphatic heterocycles. The van der Waals surface area contributed by atoms with E-state index in [4.69, 9.17) is 23.2 Å². The molecule has 2 nitrogen and oxygen atoms in total. The smallest absolute Gasteiger partial charge is 0.0595 e. The van der Waals surface area contributed by atoms with Crippen LogP contribution in [0.1, 0.15) is 37.8 Å². The second-order valence-corrected chi connectivity index (χ2v) is 6.11. The van der Waals surface area contributed by atoms with E-state index in [2.05, 4.69) is 23.2 Å². The topological polar surface area (TPSA) is 15.3 Å². The van der Waals surface area contributed by atoms with Crippen LogP contribution < -0.4 is 5.32 Å². The van der Waals surface area contributed by atoms with E-state index in [9.17, 15) is 0 Å². The van der Waals surface area contributed by atoms with Crippen LogP contribution in [0.2, 0.25) is 10.0 Å². The van der Waals surface area contributed by atoms with E-state index >= 15 is 0 Å². The molecule has 2 atom stereocenters. The zero-order valence-corrected chi connectivity index (χ0v) is 13.1. The quantitative estimate of drug-likeness (QED) is 0.899. The van der Waals surface area contributed by atoms with Crippen LogP contribution in [0, 0.1) is 0 Å². The maximum absolute atomic E-state index is 6.13. The van der Waals surface area contributed by atoms with Gasteiger partial charge in [-0.25, -0.2) is 0 Å². The second-order valence-electron chi connectivity index (χ2n) is 5.29. The van der Waals surface area contributed by atoms with Gasteiger partial charge >= 0.3 is 0 Å². The lowest BCUT2D eigenvalue weighted by Crippen LogP contribution is -2.45. The SMILES string of the molecule is CNCC1CCCCN1C(C)c1ccc(Cl)c(Cl)c1. The number of nitrogens with zero attached hydrogens (tertiary/aromatic N) is 1. The Bertz CT molecular complexity index is 421. The largest absolute Gasteiger partial charge is 0.318 e. The van der Waals surface area contributed by atoms with Crippen molar-refractivity contribution in [1.82, 2.24) is 10.2 Å². The van der Waals surface area contributed by atoms with E-state index in [1.54, 1.807) is 0 Å². The van der Waals surface area contributed by atoms with E-state index in [1.165, 1.54) is 24.8 Å².